The van der Waals surface area contributed by atoms with Crippen LogP contribution in [-0.4, -0.2) is 29.2 Å². The Hall–Kier alpha value is -1.94. The zero-order chi connectivity index (χ0) is 16.1. The van der Waals surface area contributed by atoms with Crippen LogP contribution in [0.5, 0.6) is 0 Å². The molecule has 0 atom stereocenters. The average Bonchev–Trinajstić information content (AvgIpc) is 2.67. The number of Topliss-reactive ketones (excluding diaryl/α,β-unsaturated/α-hetero) is 1. The van der Waals surface area contributed by atoms with Crippen molar-refractivity contribution in [1.29, 1.82) is 0 Å². The summed E-state index contributed by atoms with van der Waals surface area (Å²) in [5, 5.41) is 0. The van der Waals surface area contributed by atoms with Crippen LogP contribution in [0.1, 0.15) is 19.4 Å². The first-order chi connectivity index (χ1) is 10.4. The summed E-state index contributed by atoms with van der Waals surface area (Å²) in [5.74, 6) is -0.0526. The summed E-state index contributed by atoms with van der Waals surface area (Å²) < 4.78 is 0.545. The molecule has 0 N–H and O–H groups in total. The normalized spacial score (nSPS) is 20.6. The van der Waals surface area contributed by atoms with E-state index < -0.39 is 5.54 Å². The van der Waals surface area contributed by atoms with Crippen LogP contribution in [0.15, 0.2) is 58.1 Å². The molecule has 0 bridgehead atoms. The minimum Gasteiger partial charge on any atom is -0.324 e. The first kappa shape index (κ1) is 15.0. The van der Waals surface area contributed by atoms with Crippen LogP contribution >= 0.6 is 15.9 Å². The molecule has 4 heteroatoms. The number of carbonyl (C=O) groups excluding carboxylic acids is 2. The van der Waals surface area contributed by atoms with Crippen molar-refractivity contribution in [2.75, 3.05) is 7.05 Å². The Morgan fingerprint density at radius 2 is 1.55 bits per heavy atom. The van der Waals surface area contributed by atoms with Crippen LogP contribution < -0.4 is 0 Å². The highest BCUT2D eigenvalue weighted by molar-refractivity contribution is 9.12. The van der Waals surface area contributed by atoms with Gasteiger partial charge < -0.3 is 4.90 Å². The van der Waals surface area contributed by atoms with Gasteiger partial charge in [-0.05, 0) is 58.6 Å². The Bertz CT molecular complexity index is 750. The highest BCUT2D eigenvalue weighted by Gasteiger charge is 2.48. The van der Waals surface area contributed by atoms with Crippen LogP contribution in [0.25, 0.3) is 5.57 Å². The second kappa shape index (κ2) is 5.06. The molecule has 3 nitrogen and oxygen atoms in total. The van der Waals surface area contributed by atoms with E-state index >= 15 is 0 Å². The van der Waals surface area contributed by atoms with E-state index in [1.54, 1.807) is 25.8 Å². The van der Waals surface area contributed by atoms with Crippen molar-refractivity contribution in [2.24, 2.45) is 0 Å². The lowest BCUT2D eigenvalue weighted by Gasteiger charge is -2.37. The van der Waals surface area contributed by atoms with E-state index in [4.69, 9.17) is 0 Å². The van der Waals surface area contributed by atoms with Crippen LogP contribution in [0.4, 0.5) is 0 Å². The molecule has 1 spiro atoms. The summed E-state index contributed by atoms with van der Waals surface area (Å²) in [6.45, 7) is 3.60. The van der Waals surface area contributed by atoms with Crippen LogP contribution in [0, 0.1) is 0 Å². The van der Waals surface area contributed by atoms with Gasteiger partial charge in [0.15, 0.2) is 5.78 Å². The largest absolute Gasteiger partial charge is 0.324 e. The van der Waals surface area contributed by atoms with Crippen molar-refractivity contribution in [3.05, 3.63) is 63.7 Å². The zero-order valence-electron chi connectivity index (χ0n) is 12.7. The molecule has 0 radical (unpaired) electrons. The third kappa shape index (κ3) is 1.94. The maximum atomic E-state index is 12.5. The van der Waals surface area contributed by atoms with Gasteiger partial charge in [0.25, 0.3) is 5.91 Å². The minimum atomic E-state index is -0.709. The van der Waals surface area contributed by atoms with Crippen molar-refractivity contribution in [3.63, 3.8) is 0 Å². The predicted molar refractivity (Wildman–Crippen MR) is 90.3 cm³/mol. The number of halogens is 1. The van der Waals surface area contributed by atoms with Crippen molar-refractivity contribution in [3.8, 4) is 0 Å². The Labute approximate surface area is 138 Å². The molecule has 1 aliphatic heterocycles. The minimum absolute atomic E-state index is 0.0295. The second-order valence-corrected chi connectivity index (χ2v) is 6.52. The summed E-state index contributed by atoms with van der Waals surface area (Å²) in [5.41, 5.74) is 2.46. The van der Waals surface area contributed by atoms with E-state index in [2.05, 4.69) is 15.9 Å². The second-order valence-electron chi connectivity index (χ2n) is 5.73. The standard InChI is InChI=1S/C18H16BrNO2/c1-11-9-18(10-12(2)16(11)21)14(13-7-5-4-6-8-13)15(19)17(22)20(18)3/h4-10H,1-3H3. The van der Waals surface area contributed by atoms with Gasteiger partial charge in [0.1, 0.15) is 5.54 Å². The van der Waals surface area contributed by atoms with Gasteiger partial charge in [-0.1, -0.05) is 30.3 Å². The molecule has 112 valence electrons. The summed E-state index contributed by atoms with van der Waals surface area (Å²) in [6.07, 6.45) is 3.77. The Morgan fingerprint density at radius 1 is 1.00 bits per heavy atom. The lowest BCUT2D eigenvalue weighted by Crippen LogP contribution is -2.44. The van der Waals surface area contributed by atoms with Gasteiger partial charge in [-0.25, -0.2) is 0 Å². The molecule has 2 aliphatic rings. The van der Waals surface area contributed by atoms with Gasteiger partial charge in [-0.3, -0.25) is 9.59 Å². The first-order valence-corrected chi connectivity index (χ1v) is 7.85. The maximum Gasteiger partial charge on any atom is 0.262 e. The highest BCUT2D eigenvalue weighted by atomic mass is 79.9. The van der Waals surface area contributed by atoms with E-state index in [0.717, 1.165) is 11.1 Å². The third-order valence-corrected chi connectivity index (χ3v) is 5.05. The fourth-order valence-electron chi connectivity index (χ4n) is 3.21. The molecule has 1 aromatic carbocycles. The molecule has 3 rings (SSSR count). The van der Waals surface area contributed by atoms with E-state index in [1.165, 1.54) is 0 Å². The Balaban J connectivity index is 2.31. The number of hydrogen-bond acceptors (Lipinski definition) is 2. The molecule has 0 saturated carbocycles. The molecule has 1 amide bonds. The molecule has 1 heterocycles. The van der Waals surface area contributed by atoms with Gasteiger partial charge in [0.05, 0.1) is 4.48 Å². The molecular weight excluding hydrogens is 342 g/mol. The van der Waals surface area contributed by atoms with Gasteiger partial charge in [0, 0.05) is 12.6 Å². The molecule has 22 heavy (non-hydrogen) atoms. The van der Waals surface area contributed by atoms with E-state index in [-0.39, 0.29) is 11.7 Å². The molecule has 0 unspecified atom stereocenters. The topological polar surface area (TPSA) is 37.4 Å². The molecule has 1 aromatic rings. The van der Waals surface area contributed by atoms with Crippen molar-refractivity contribution >= 4 is 33.2 Å². The first-order valence-electron chi connectivity index (χ1n) is 7.06. The maximum absolute atomic E-state index is 12.5. The summed E-state index contributed by atoms with van der Waals surface area (Å²) in [7, 11) is 1.77. The van der Waals surface area contributed by atoms with Crippen LogP contribution in [-0.2, 0) is 9.59 Å². The fourth-order valence-corrected chi connectivity index (χ4v) is 4.02. The monoisotopic (exact) mass is 357 g/mol. The molecular formula is C18H16BrNO2. The lowest BCUT2D eigenvalue weighted by atomic mass is 9.78. The number of amides is 1. The molecule has 0 aromatic heterocycles. The number of hydrogen-bond donors (Lipinski definition) is 0. The van der Waals surface area contributed by atoms with Crippen molar-refractivity contribution in [2.45, 2.75) is 19.4 Å². The van der Waals surface area contributed by atoms with E-state index in [1.807, 2.05) is 42.5 Å². The van der Waals surface area contributed by atoms with Gasteiger partial charge in [-0.15, -0.1) is 0 Å². The quantitative estimate of drug-likeness (QED) is 0.771. The highest BCUT2D eigenvalue weighted by Crippen LogP contribution is 2.47. The molecule has 0 fully saturated rings. The number of likely N-dealkylation sites (N-methyl/N-ethyl adjacent to an activating group) is 1. The fraction of sp³-hybridized carbons (Fsp3) is 0.222. The van der Waals surface area contributed by atoms with Crippen molar-refractivity contribution < 1.29 is 9.59 Å². The van der Waals surface area contributed by atoms with Gasteiger partial charge in [0.2, 0.25) is 0 Å². The SMILES string of the molecule is CC1=CC2(C=C(C)C1=O)C(c1ccccc1)=C(Br)C(=O)N2C. The number of carbonyl (C=O) groups is 2. The zero-order valence-corrected chi connectivity index (χ0v) is 14.3. The Morgan fingerprint density at radius 3 is 2.09 bits per heavy atom. The molecule has 1 aliphatic carbocycles. The number of ketones is 1. The molecule has 0 saturated heterocycles. The third-order valence-electron chi connectivity index (χ3n) is 4.32. The average molecular weight is 358 g/mol. The predicted octanol–water partition coefficient (Wildman–Crippen LogP) is 3.48. The number of rotatable bonds is 1. The Kier molecular flexibility index (Phi) is 3.44. The van der Waals surface area contributed by atoms with E-state index in [0.29, 0.717) is 15.6 Å². The number of allylic oxidation sites excluding steroid dienone is 2. The van der Waals surface area contributed by atoms with Crippen LogP contribution in [0.3, 0.4) is 0 Å². The smallest absolute Gasteiger partial charge is 0.262 e. The van der Waals surface area contributed by atoms with Gasteiger partial charge >= 0.3 is 0 Å². The summed E-state index contributed by atoms with van der Waals surface area (Å²) >= 11 is 3.46. The van der Waals surface area contributed by atoms with Crippen LogP contribution in [0.2, 0.25) is 0 Å². The number of nitrogens with zero attached hydrogens (tertiary/aromatic N) is 1. The van der Waals surface area contributed by atoms with E-state index in [9.17, 15) is 9.59 Å². The van der Waals surface area contributed by atoms with Crippen molar-refractivity contribution in [1.82, 2.24) is 4.90 Å². The summed E-state index contributed by atoms with van der Waals surface area (Å²) in [4.78, 5) is 26.3. The lowest BCUT2D eigenvalue weighted by molar-refractivity contribution is -0.125. The number of benzene rings is 1. The van der Waals surface area contributed by atoms with Gasteiger partial charge in [-0.2, -0.15) is 0 Å². The summed E-state index contributed by atoms with van der Waals surface area (Å²) in [6, 6.07) is 9.79.